The molecule has 0 aromatic carbocycles. The molecule has 12 heavy (non-hydrogen) atoms. The number of hydrogen-bond acceptors (Lipinski definition) is 3. The standard InChI is InChI=1S/C4H11NO5P2/c1-2-3-4-5-12(8,9)10-11(6)7/h2-4H2,1H3,(H2-,5,6,7,8,9)/p+1. The Labute approximate surface area is 71.5 Å². The first-order valence-corrected chi connectivity index (χ1v) is 6.12. The van der Waals surface area contributed by atoms with Gasteiger partial charge in [-0.1, -0.05) is 13.3 Å². The molecule has 2 unspecified atom stereocenters. The fourth-order valence-corrected chi connectivity index (χ4v) is 1.95. The Kier molecular flexibility index (Phi) is 5.84. The molecule has 6 nitrogen and oxygen atoms in total. The fourth-order valence-electron chi connectivity index (χ4n) is 0.521. The summed E-state index contributed by atoms with van der Waals surface area (Å²) in [6.45, 7) is 2.20. The van der Waals surface area contributed by atoms with Gasteiger partial charge in [-0.2, -0.15) is 0 Å². The molecule has 0 radical (unpaired) electrons. The van der Waals surface area contributed by atoms with E-state index in [1.807, 2.05) is 6.92 Å². The summed E-state index contributed by atoms with van der Waals surface area (Å²) in [5, 5.41) is 2.14. The Morgan fingerprint density at radius 2 is 2.25 bits per heavy atom. The lowest BCUT2D eigenvalue weighted by atomic mass is 10.3. The van der Waals surface area contributed by atoms with Gasteiger partial charge in [0.1, 0.15) is 0 Å². The SMILES string of the molecule is CCCCNP(=O)(O)O[P+](=O)O. The number of nitrogens with one attached hydrogen (secondary N) is 1. The van der Waals surface area contributed by atoms with Crippen molar-refractivity contribution in [1.29, 1.82) is 0 Å². The Balaban J connectivity index is 3.72. The molecule has 0 heterocycles. The first-order chi connectivity index (χ1) is 5.48. The van der Waals surface area contributed by atoms with E-state index in [9.17, 15) is 9.13 Å². The maximum Gasteiger partial charge on any atom is 0.704 e. The van der Waals surface area contributed by atoms with Crippen LogP contribution in [0.15, 0.2) is 0 Å². The predicted molar refractivity (Wildman–Crippen MR) is 43.6 cm³/mol. The second-order valence-electron chi connectivity index (χ2n) is 2.10. The van der Waals surface area contributed by atoms with Crippen LogP contribution in [0.5, 0.6) is 0 Å². The van der Waals surface area contributed by atoms with Crippen molar-refractivity contribution in [3.8, 4) is 0 Å². The monoisotopic (exact) mass is 216 g/mol. The Bertz CT molecular complexity index is 196. The molecular formula is C4H12NO5P2+. The van der Waals surface area contributed by atoms with E-state index in [0.29, 0.717) is 6.42 Å². The summed E-state index contributed by atoms with van der Waals surface area (Å²) >= 11 is 0. The van der Waals surface area contributed by atoms with Gasteiger partial charge < -0.3 is 4.89 Å². The first-order valence-electron chi connectivity index (χ1n) is 3.41. The van der Waals surface area contributed by atoms with Crippen molar-refractivity contribution in [2.24, 2.45) is 0 Å². The zero-order chi connectivity index (χ0) is 9.61. The molecule has 0 aliphatic rings. The van der Waals surface area contributed by atoms with Gasteiger partial charge >= 0.3 is 16.0 Å². The number of unbranched alkanes of at least 4 members (excludes halogenated alkanes) is 1. The summed E-state index contributed by atoms with van der Waals surface area (Å²) in [6, 6.07) is 0. The van der Waals surface area contributed by atoms with Crippen LogP contribution in [-0.2, 0) is 13.4 Å². The van der Waals surface area contributed by atoms with Crippen molar-refractivity contribution in [3.63, 3.8) is 0 Å². The normalized spacial score (nSPS) is 17.1. The molecule has 0 aromatic rings. The van der Waals surface area contributed by atoms with Gasteiger partial charge in [0.15, 0.2) is 0 Å². The van der Waals surface area contributed by atoms with Crippen molar-refractivity contribution in [2.45, 2.75) is 19.8 Å². The molecule has 3 N–H and O–H groups in total. The third-order valence-corrected chi connectivity index (χ3v) is 3.09. The molecule has 0 aromatic heterocycles. The van der Waals surface area contributed by atoms with Crippen molar-refractivity contribution in [2.75, 3.05) is 6.54 Å². The molecule has 0 rings (SSSR count). The fraction of sp³-hybridized carbons (Fsp3) is 1.00. The van der Waals surface area contributed by atoms with Crippen LogP contribution in [0.2, 0.25) is 0 Å². The van der Waals surface area contributed by atoms with E-state index >= 15 is 0 Å². The molecule has 0 bridgehead atoms. The van der Waals surface area contributed by atoms with Crippen LogP contribution in [0, 0.1) is 0 Å². The molecule has 0 fully saturated rings. The Morgan fingerprint density at radius 1 is 1.67 bits per heavy atom. The zero-order valence-corrected chi connectivity index (χ0v) is 8.42. The third-order valence-electron chi connectivity index (χ3n) is 1.02. The van der Waals surface area contributed by atoms with Crippen molar-refractivity contribution in [3.05, 3.63) is 0 Å². The molecule has 0 saturated carbocycles. The summed E-state index contributed by atoms with van der Waals surface area (Å²) < 4.78 is 24.6. The van der Waals surface area contributed by atoms with E-state index in [4.69, 9.17) is 9.79 Å². The number of rotatable bonds is 6. The highest BCUT2D eigenvalue weighted by Gasteiger charge is 2.31. The highest BCUT2D eigenvalue weighted by atomic mass is 31.2. The van der Waals surface area contributed by atoms with Crippen molar-refractivity contribution < 1.29 is 23.2 Å². The highest BCUT2D eigenvalue weighted by molar-refractivity contribution is 7.58. The summed E-state index contributed by atoms with van der Waals surface area (Å²) in [5.41, 5.74) is 0. The molecule has 72 valence electrons. The van der Waals surface area contributed by atoms with E-state index in [1.54, 1.807) is 0 Å². The van der Waals surface area contributed by atoms with Gasteiger partial charge in [0.25, 0.3) is 0 Å². The summed E-state index contributed by atoms with van der Waals surface area (Å²) in [6.07, 6.45) is 1.56. The minimum absolute atomic E-state index is 0.285. The van der Waals surface area contributed by atoms with E-state index in [1.165, 1.54) is 0 Å². The van der Waals surface area contributed by atoms with E-state index < -0.39 is 16.0 Å². The second kappa shape index (κ2) is 5.75. The topological polar surface area (TPSA) is 95.9 Å². The van der Waals surface area contributed by atoms with Crippen LogP contribution in [0.3, 0.4) is 0 Å². The average molecular weight is 216 g/mol. The minimum Gasteiger partial charge on any atom is -0.310 e. The van der Waals surface area contributed by atoms with E-state index in [0.717, 1.165) is 6.42 Å². The van der Waals surface area contributed by atoms with Crippen LogP contribution in [-0.4, -0.2) is 16.3 Å². The maximum absolute atomic E-state index is 10.8. The van der Waals surface area contributed by atoms with Gasteiger partial charge in [-0.3, -0.25) is 0 Å². The van der Waals surface area contributed by atoms with Gasteiger partial charge in [-0.25, -0.2) is 9.65 Å². The van der Waals surface area contributed by atoms with E-state index in [2.05, 4.69) is 9.40 Å². The number of hydrogen-bond donors (Lipinski definition) is 3. The van der Waals surface area contributed by atoms with Gasteiger partial charge in [0.05, 0.1) is 0 Å². The molecule has 0 saturated heterocycles. The third kappa shape index (κ3) is 6.85. The van der Waals surface area contributed by atoms with Gasteiger partial charge in [0, 0.05) is 11.1 Å². The minimum atomic E-state index is -4.06. The lowest BCUT2D eigenvalue weighted by molar-refractivity contribution is 0.339. The summed E-state index contributed by atoms with van der Waals surface area (Å²) in [4.78, 5) is 16.9. The molecular weight excluding hydrogens is 204 g/mol. The van der Waals surface area contributed by atoms with E-state index in [-0.39, 0.29) is 6.54 Å². The highest BCUT2D eigenvalue weighted by Crippen LogP contribution is 2.45. The van der Waals surface area contributed by atoms with Crippen LogP contribution in [0.1, 0.15) is 19.8 Å². The molecule has 8 heteroatoms. The van der Waals surface area contributed by atoms with Gasteiger partial charge in [-0.05, 0) is 10.7 Å². The van der Waals surface area contributed by atoms with Crippen LogP contribution in [0.4, 0.5) is 0 Å². The lowest BCUT2D eigenvalue weighted by Gasteiger charge is -2.03. The van der Waals surface area contributed by atoms with Crippen LogP contribution >= 0.6 is 16.0 Å². The molecule has 0 aliphatic carbocycles. The lowest BCUT2D eigenvalue weighted by Crippen LogP contribution is -2.11. The second-order valence-corrected chi connectivity index (χ2v) is 4.59. The Morgan fingerprint density at radius 3 is 2.67 bits per heavy atom. The first kappa shape index (κ1) is 12.2. The van der Waals surface area contributed by atoms with Gasteiger partial charge in [-0.15, -0.1) is 4.89 Å². The van der Waals surface area contributed by atoms with Crippen molar-refractivity contribution >= 4 is 16.0 Å². The summed E-state index contributed by atoms with van der Waals surface area (Å²) in [5.74, 6) is 0. The average Bonchev–Trinajstić information content (AvgIpc) is 1.84. The van der Waals surface area contributed by atoms with Crippen molar-refractivity contribution in [1.82, 2.24) is 5.09 Å². The largest absolute Gasteiger partial charge is 0.704 e. The summed E-state index contributed by atoms with van der Waals surface area (Å²) in [7, 11) is -7.10. The zero-order valence-electron chi connectivity index (χ0n) is 6.63. The van der Waals surface area contributed by atoms with Crippen LogP contribution in [0.25, 0.3) is 0 Å². The maximum atomic E-state index is 10.8. The Hall–Kier alpha value is 0.170. The molecule has 0 spiro atoms. The molecule has 0 aliphatic heterocycles. The van der Waals surface area contributed by atoms with Gasteiger partial charge in [0.2, 0.25) is 0 Å². The predicted octanol–water partition coefficient (Wildman–Crippen LogP) is 1.14. The molecule has 0 amide bonds. The van der Waals surface area contributed by atoms with Crippen LogP contribution < -0.4 is 5.09 Å². The smallest absolute Gasteiger partial charge is 0.310 e. The molecule has 2 atom stereocenters. The quantitative estimate of drug-likeness (QED) is 0.455.